The zero-order valence-corrected chi connectivity index (χ0v) is 46.9. The van der Waals surface area contributed by atoms with E-state index in [1.54, 1.807) is 0 Å². The average Bonchev–Trinajstić information content (AvgIpc) is 4.02. The Labute approximate surface area is 477 Å². The van der Waals surface area contributed by atoms with Crippen molar-refractivity contribution < 1.29 is 0 Å². The van der Waals surface area contributed by atoms with Crippen LogP contribution in [0.3, 0.4) is 0 Å². The van der Waals surface area contributed by atoms with Gasteiger partial charge in [0.05, 0.1) is 16.7 Å². The van der Waals surface area contributed by atoms with Gasteiger partial charge in [0.1, 0.15) is 0 Å². The molecule has 0 N–H and O–H groups in total. The van der Waals surface area contributed by atoms with Gasteiger partial charge in [-0.05, 0) is 93.1 Å². The average molecular weight is 1060 g/mol. The first-order chi connectivity index (χ1) is 40.2. The normalized spacial score (nSPS) is 11.7. The molecule has 0 unspecified atom stereocenters. The molecule has 0 atom stereocenters. The molecule has 0 spiro atoms. The maximum Gasteiger partial charge on any atom is 0.179 e. The number of rotatable bonds is 13. The number of hydrogen-bond acceptors (Lipinski definition) is 0. The molecule has 0 aliphatic rings. The summed E-state index contributed by atoms with van der Waals surface area (Å²) in [6.07, 6.45) is 0. The summed E-state index contributed by atoms with van der Waals surface area (Å²) in [6.45, 7) is 0. The summed E-state index contributed by atoms with van der Waals surface area (Å²) in [7, 11) is -6.19. The maximum atomic E-state index is 2.59. The molecule has 0 bridgehead atoms. The van der Waals surface area contributed by atoms with Gasteiger partial charge in [-0.2, -0.15) is 0 Å². The molecule has 14 rings (SSSR count). The van der Waals surface area contributed by atoms with Gasteiger partial charge >= 0.3 is 0 Å². The van der Waals surface area contributed by atoms with Crippen LogP contribution in [0.25, 0.3) is 72.0 Å². The Kier molecular flexibility index (Phi) is 13.0. The first-order valence-electron chi connectivity index (χ1n) is 28.1. The second kappa shape index (κ2) is 21.4. The summed E-state index contributed by atoms with van der Waals surface area (Å²) < 4.78 is 2.59. The highest BCUT2D eigenvalue weighted by molar-refractivity contribution is 7.20. The van der Waals surface area contributed by atoms with Crippen molar-refractivity contribution in [2.45, 2.75) is 0 Å². The van der Waals surface area contributed by atoms with E-state index >= 15 is 0 Å². The van der Waals surface area contributed by atoms with Gasteiger partial charge < -0.3 is 4.57 Å². The molecule has 14 aromatic rings. The van der Waals surface area contributed by atoms with Crippen LogP contribution in [0.2, 0.25) is 0 Å². The molecule has 0 amide bonds. The van der Waals surface area contributed by atoms with E-state index < -0.39 is 16.1 Å². The Bertz CT molecular complexity index is 4200. The fourth-order valence-electron chi connectivity index (χ4n) is 13.1. The summed E-state index contributed by atoms with van der Waals surface area (Å²) in [6, 6.07) is 130. The Morgan fingerprint density at radius 1 is 0.185 bits per heavy atom. The standard InChI is InChI=1S/C78H57NSi2/c1-10-30-58(31-11-1)62-52-63(59-32-12-2-13-33-59)54-70(53-62)81(67-44-24-8-25-45-67,68-46-26-9-27-47-68)71-56-73(60-34-14-3-15-35-60)78(74(57-71)61-36-16-4-17-37-61)79-76-49-29-28-48-72(76)75-55-69(50-51-77(75)79)80(64-38-18-5-19-39-64,65-40-20-6-21-41-65)66-42-22-7-23-43-66/h1-57H. The number of aromatic nitrogens is 1. The molecule has 0 saturated carbocycles. The molecule has 13 aromatic carbocycles. The molecule has 1 aromatic heterocycles. The van der Waals surface area contributed by atoms with Gasteiger partial charge in [0, 0.05) is 21.9 Å². The summed E-state index contributed by atoms with van der Waals surface area (Å²) in [5.74, 6) is 0. The fourth-order valence-corrected chi connectivity index (χ4v) is 22.7. The highest BCUT2D eigenvalue weighted by Crippen LogP contribution is 2.42. The Balaban J connectivity index is 1.12. The molecule has 1 heterocycles. The number of benzene rings is 13. The van der Waals surface area contributed by atoms with Crippen molar-refractivity contribution in [3.8, 4) is 50.2 Å². The van der Waals surface area contributed by atoms with Gasteiger partial charge in [-0.1, -0.05) is 328 Å². The summed E-state index contributed by atoms with van der Waals surface area (Å²) in [5, 5.41) is 13.1. The summed E-state index contributed by atoms with van der Waals surface area (Å²) in [4.78, 5) is 0. The Hall–Kier alpha value is -9.91. The van der Waals surface area contributed by atoms with E-state index in [2.05, 4.69) is 350 Å². The first kappa shape index (κ1) is 49.4. The van der Waals surface area contributed by atoms with E-state index in [1.807, 2.05) is 0 Å². The van der Waals surface area contributed by atoms with E-state index in [0.29, 0.717) is 0 Å². The van der Waals surface area contributed by atoms with Crippen LogP contribution < -0.4 is 41.5 Å². The van der Waals surface area contributed by atoms with Crippen LogP contribution in [0.1, 0.15) is 0 Å². The van der Waals surface area contributed by atoms with Gasteiger partial charge in [0.25, 0.3) is 0 Å². The molecular formula is C78H57NSi2. The van der Waals surface area contributed by atoms with Gasteiger partial charge in [-0.3, -0.25) is 0 Å². The van der Waals surface area contributed by atoms with Crippen LogP contribution in [0.15, 0.2) is 346 Å². The van der Waals surface area contributed by atoms with Crippen molar-refractivity contribution in [2.24, 2.45) is 0 Å². The monoisotopic (exact) mass is 1060 g/mol. The molecule has 3 heteroatoms. The highest BCUT2D eigenvalue weighted by atomic mass is 28.3. The second-order valence-corrected chi connectivity index (χ2v) is 28.7. The van der Waals surface area contributed by atoms with E-state index in [9.17, 15) is 0 Å². The smallest absolute Gasteiger partial charge is 0.179 e. The lowest BCUT2D eigenvalue weighted by Crippen LogP contribution is -2.74. The lowest BCUT2D eigenvalue weighted by Gasteiger charge is -2.36. The quantitative estimate of drug-likeness (QED) is 0.0801. The topological polar surface area (TPSA) is 4.93 Å². The number of para-hydroxylation sites is 1. The van der Waals surface area contributed by atoms with Gasteiger partial charge in [0.15, 0.2) is 16.1 Å². The van der Waals surface area contributed by atoms with Crippen LogP contribution in [0.4, 0.5) is 0 Å². The van der Waals surface area contributed by atoms with Crippen LogP contribution >= 0.6 is 0 Å². The first-order valence-corrected chi connectivity index (χ1v) is 32.1. The molecule has 1 nitrogen and oxygen atoms in total. The van der Waals surface area contributed by atoms with Gasteiger partial charge in [-0.15, -0.1) is 0 Å². The number of fused-ring (bicyclic) bond motifs is 3. The van der Waals surface area contributed by atoms with Crippen molar-refractivity contribution in [1.82, 2.24) is 4.57 Å². The minimum atomic E-state index is -3.30. The minimum absolute atomic E-state index is 1.15. The van der Waals surface area contributed by atoms with Crippen molar-refractivity contribution in [1.29, 1.82) is 0 Å². The number of hydrogen-bond donors (Lipinski definition) is 0. The molecular weight excluding hydrogens is 1010 g/mol. The maximum absolute atomic E-state index is 3.30. The van der Waals surface area contributed by atoms with E-state index in [1.165, 1.54) is 85.6 Å². The highest BCUT2D eigenvalue weighted by Gasteiger charge is 2.44. The second-order valence-electron chi connectivity index (χ2n) is 21.1. The van der Waals surface area contributed by atoms with Gasteiger partial charge in [-0.25, -0.2) is 0 Å². The predicted octanol–water partition coefficient (Wildman–Crippen LogP) is 14.2. The summed E-state index contributed by atoms with van der Waals surface area (Å²) in [5.41, 5.74) is 12.9. The van der Waals surface area contributed by atoms with Crippen LogP contribution in [0, 0.1) is 0 Å². The molecule has 81 heavy (non-hydrogen) atoms. The summed E-state index contributed by atoms with van der Waals surface area (Å²) >= 11 is 0. The molecule has 0 aliphatic heterocycles. The number of nitrogens with zero attached hydrogens (tertiary/aromatic N) is 1. The molecule has 0 fully saturated rings. The largest absolute Gasteiger partial charge is 0.308 e. The van der Waals surface area contributed by atoms with Crippen LogP contribution in [-0.2, 0) is 0 Å². The SMILES string of the molecule is c1ccc(-c2cc(-c3ccccc3)cc([Si](c3ccccc3)(c3ccccc3)c3cc(-c4ccccc4)c(-n4c5ccccc5c5cc([Si](c6ccccc6)(c6ccccc6)c6ccccc6)ccc54)c(-c4ccccc4)c3)c2)cc1. The van der Waals surface area contributed by atoms with E-state index in [0.717, 1.165) is 27.8 Å². The van der Waals surface area contributed by atoms with Crippen molar-refractivity contribution in [3.63, 3.8) is 0 Å². The Morgan fingerprint density at radius 2 is 0.494 bits per heavy atom. The molecule has 0 radical (unpaired) electrons. The molecule has 0 saturated heterocycles. The lowest BCUT2D eigenvalue weighted by atomic mass is 9.95. The third kappa shape index (κ3) is 8.63. The third-order valence-electron chi connectivity index (χ3n) is 16.7. The zero-order valence-electron chi connectivity index (χ0n) is 44.9. The predicted molar refractivity (Wildman–Crippen MR) is 350 cm³/mol. The molecule has 0 aliphatic carbocycles. The van der Waals surface area contributed by atoms with Crippen LogP contribution in [0.5, 0.6) is 0 Å². The Morgan fingerprint density at radius 3 is 0.889 bits per heavy atom. The lowest BCUT2D eigenvalue weighted by molar-refractivity contribution is 1.18. The van der Waals surface area contributed by atoms with Crippen molar-refractivity contribution in [2.75, 3.05) is 0 Å². The van der Waals surface area contributed by atoms with Crippen molar-refractivity contribution in [3.05, 3.63) is 346 Å². The van der Waals surface area contributed by atoms with E-state index in [4.69, 9.17) is 0 Å². The third-order valence-corrected chi connectivity index (χ3v) is 26.1. The molecule has 382 valence electrons. The van der Waals surface area contributed by atoms with Crippen molar-refractivity contribution >= 4 is 79.4 Å². The minimum Gasteiger partial charge on any atom is -0.308 e. The van der Waals surface area contributed by atoms with E-state index in [-0.39, 0.29) is 0 Å². The van der Waals surface area contributed by atoms with Gasteiger partial charge in [0.2, 0.25) is 0 Å². The fraction of sp³-hybridized carbons (Fsp3) is 0. The zero-order chi connectivity index (χ0) is 54.0. The van der Waals surface area contributed by atoms with Crippen LogP contribution in [-0.4, -0.2) is 20.7 Å².